The highest BCUT2D eigenvalue weighted by Gasteiger charge is 2.31. The number of rotatable bonds is 4. The van der Waals surface area contributed by atoms with Gasteiger partial charge in [0, 0.05) is 30.9 Å². The van der Waals surface area contributed by atoms with Crippen LogP contribution in [0.3, 0.4) is 0 Å². The summed E-state index contributed by atoms with van der Waals surface area (Å²) in [5.74, 6) is 1.88. The van der Waals surface area contributed by atoms with Crippen LogP contribution in [0.15, 0.2) is 28.8 Å². The number of urea groups is 1. The third-order valence-corrected chi connectivity index (χ3v) is 3.99. The van der Waals surface area contributed by atoms with Crippen molar-refractivity contribution in [2.45, 2.75) is 6.92 Å². The number of carbonyl (C=O) groups excluding carboxylic acids is 2. The first-order valence-electron chi connectivity index (χ1n) is 7.79. The highest BCUT2D eigenvalue weighted by atomic mass is 16.7. The number of benzene rings is 1. The minimum absolute atomic E-state index is 0.0498. The zero-order valence-corrected chi connectivity index (χ0v) is 13.5. The molecule has 0 bridgehead atoms. The fourth-order valence-electron chi connectivity index (χ4n) is 2.80. The maximum atomic E-state index is 12.6. The molecule has 1 saturated heterocycles. The molecular weight excluding hydrogens is 328 g/mol. The standard InChI is InChI=1S/C16H16N4O5/c1-10-6-14(18-25-10)17-15(21)8-19-4-5-20(16(19)22)11-2-3-12-13(7-11)24-9-23-12/h2-3,6-7H,4-5,8-9H2,1H3,(H,17,18,21). The van der Waals surface area contributed by atoms with Crippen LogP contribution in [0.1, 0.15) is 5.76 Å². The zero-order valence-electron chi connectivity index (χ0n) is 13.5. The molecule has 3 heterocycles. The first-order chi connectivity index (χ1) is 12.1. The summed E-state index contributed by atoms with van der Waals surface area (Å²) in [4.78, 5) is 27.7. The predicted octanol–water partition coefficient (Wildman–Crippen LogP) is 1.59. The number of hydrogen-bond acceptors (Lipinski definition) is 6. The molecule has 9 nitrogen and oxygen atoms in total. The highest BCUT2D eigenvalue weighted by molar-refractivity contribution is 5.99. The minimum Gasteiger partial charge on any atom is -0.454 e. The van der Waals surface area contributed by atoms with Crippen molar-refractivity contribution in [3.8, 4) is 11.5 Å². The number of hydrogen-bond donors (Lipinski definition) is 1. The lowest BCUT2D eigenvalue weighted by atomic mass is 10.2. The van der Waals surface area contributed by atoms with E-state index in [-0.39, 0.29) is 25.3 Å². The first kappa shape index (κ1) is 15.3. The van der Waals surface area contributed by atoms with Crippen LogP contribution in [0.2, 0.25) is 0 Å². The summed E-state index contributed by atoms with van der Waals surface area (Å²) in [5, 5.41) is 6.30. The van der Waals surface area contributed by atoms with E-state index >= 15 is 0 Å². The molecule has 0 unspecified atom stereocenters. The van der Waals surface area contributed by atoms with E-state index in [0.717, 1.165) is 0 Å². The SMILES string of the molecule is Cc1cc(NC(=O)CN2CCN(c3ccc4c(c3)OCO4)C2=O)no1. The van der Waals surface area contributed by atoms with Gasteiger partial charge >= 0.3 is 6.03 Å². The number of anilines is 2. The van der Waals surface area contributed by atoms with Crippen LogP contribution in [0, 0.1) is 6.92 Å². The Kier molecular flexibility index (Phi) is 3.68. The van der Waals surface area contributed by atoms with Gasteiger partial charge in [0.25, 0.3) is 0 Å². The molecule has 1 aromatic heterocycles. The molecule has 130 valence electrons. The highest BCUT2D eigenvalue weighted by Crippen LogP contribution is 2.36. The van der Waals surface area contributed by atoms with Crippen LogP contribution in [-0.2, 0) is 4.79 Å². The van der Waals surface area contributed by atoms with Crippen LogP contribution >= 0.6 is 0 Å². The summed E-state index contributed by atoms with van der Waals surface area (Å²) < 4.78 is 15.5. The molecule has 0 atom stereocenters. The van der Waals surface area contributed by atoms with Gasteiger partial charge in [-0.1, -0.05) is 5.16 Å². The average Bonchev–Trinajstić information content (AvgIpc) is 3.29. The van der Waals surface area contributed by atoms with Gasteiger partial charge in [-0.15, -0.1) is 0 Å². The number of carbonyl (C=O) groups is 2. The lowest BCUT2D eigenvalue weighted by molar-refractivity contribution is -0.116. The van der Waals surface area contributed by atoms with Crippen LogP contribution < -0.4 is 19.7 Å². The molecular formula is C16H16N4O5. The van der Waals surface area contributed by atoms with Gasteiger partial charge in [0.05, 0.1) is 0 Å². The smallest absolute Gasteiger partial charge is 0.325 e. The molecule has 0 saturated carbocycles. The van der Waals surface area contributed by atoms with E-state index in [2.05, 4.69) is 10.5 Å². The van der Waals surface area contributed by atoms with Crippen molar-refractivity contribution >= 4 is 23.4 Å². The fraction of sp³-hybridized carbons (Fsp3) is 0.312. The molecule has 3 amide bonds. The van der Waals surface area contributed by atoms with E-state index < -0.39 is 0 Å². The lowest BCUT2D eigenvalue weighted by Gasteiger charge is -2.18. The molecule has 9 heteroatoms. The first-order valence-corrected chi connectivity index (χ1v) is 7.79. The van der Waals surface area contributed by atoms with Gasteiger partial charge in [-0.2, -0.15) is 0 Å². The average molecular weight is 344 g/mol. The number of amides is 3. The predicted molar refractivity (Wildman–Crippen MR) is 86.7 cm³/mol. The molecule has 0 aliphatic carbocycles. The van der Waals surface area contributed by atoms with Crippen LogP contribution in [0.5, 0.6) is 11.5 Å². The van der Waals surface area contributed by atoms with Crippen LogP contribution in [0.25, 0.3) is 0 Å². The minimum atomic E-state index is -0.325. The molecule has 2 aliphatic rings. The van der Waals surface area contributed by atoms with Crippen LogP contribution in [0.4, 0.5) is 16.3 Å². The second-order valence-electron chi connectivity index (χ2n) is 5.76. The van der Waals surface area contributed by atoms with E-state index in [4.69, 9.17) is 14.0 Å². The number of aryl methyl sites for hydroxylation is 1. The van der Waals surface area contributed by atoms with Gasteiger partial charge in [0.2, 0.25) is 12.7 Å². The molecule has 1 aromatic carbocycles. The van der Waals surface area contributed by atoms with Crippen molar-refractivity contribution in [1.29, 1.82) is 0 Å². The second kappa shape index (κ2) is 6.00. The van der Waals surface area contributed by atoms with E-state index in [1.807, 2.05) is 0 Å². The van der Waals surface area contributed by atoms with E-state index in [9.17, 15) is 9.59 Å². The van der Waals surface area contributed by atoms with Gasteiger partial charge in [0.1, 0.15) is 12.3 Å². The summed E-state index contributed by atoms with van der Waals surface area (Å²) >= 11 is 0. The summed E-state index contributed by atoms with van der Waals surface area (Å²) in [6.45, 7) is 2.82. The Labute approximate surface area is 143 Å². The van der Waals surface area contributed by atoms with E-state index in [1.54, 1.807) is 36.1 Å². The Hall–Kier alpha value is -3.23. The topological polar surface area (TPSA) is 97.1 Å². The summed E-state index contributed by atoms with van der Waals surface area (Å²) in [5.41, 5.74) is 0.712. The Bertz CT molecular complexity index is 834. The van der Waals surface area contributed by atoms with Crippen molar-refractivity contribution in [3.63, 3.8) is 0 Å². The maximum absolute atomic E-state index is 12.6. The second-order valence-corrected chi connectivity index (χ2v) is 5.76. The molecule has 0 radical (unpaired) electrons. The van der Waals surface area contributed by atoms with Gasteiger partial charge in [0.15, 0.2) is 17.3 Å². The van der Waals surface area contributed by atoms with Gasteiger partial charge in [-0.3, -0.25) is 9.69 Å². The number of fused-ring (bicyclic) bond motifs is 1. The third kappa shape index (κ3) is 2.95. The zero-order chi connectivity index (χ0) is 17.4. The molecule has 1 N–H and O–H groups in total. The number of ether oxygens (including phenoxy) is 2. The van der Waals surface area contributed by atoms with Crippen molar-refractivity contribution in [1.82, 2.24) is 10.1 Å². The fourth-order valence-corrected chi connectivity index (χ4v) is 2.80. The van der Waals surface area contributed by atoms with E-state index in [1.165, 1.54) is 4.90 Å². The Morgan fingerprint density at radius 2 is 2.08 bits per heavy atom. The van der Waals surface area contributed by atoms with Gasteiger partial charge in [-0.05, 0) is 19.1 Å². The number of nitrogens with one attached hydrogen (secondary N) is 1. The summed E-state index contributed by atoms with van der Waals surface area (Å²) in [7, 11) is 0. The van der Waals surface area contributed by atoms with Gasteiger partial charge in [-0.25, -0.2) is 4.79 Å². The Morgan fingerprint density at radius 3 is 2.88 bits per heavy atom. The number of aromatic nitrogens is 1. The summed E-state index contributed by atoms with van der Waals surface area (Å²) in [6, 6.07) is 6.72. The maximum Gasteiger partial charge on any atom is 0.325 e. The van der Waals surface area contributed by atoms with Crippen LogP contribution in [-0.4, -0.2) is 48.4 Å². The van der Waals surface area contributed by atoms with Gasteiger partial charge < -0.3 is 24.2 Å². The quantitative estimate of drug-likeness (QED) is 0.905. The van der Waals surface area contributed by atoms with Crippen molar-refractivity contribution in [2.24, 2.45) is 0 Å². The van der Waals surface area contributed by atoms with Crippen molar-refractivity contribution in [3.05, 3.63) is 30.0 Å². The third-order valence-electron chi connectivity index (χ3n) is 3.99. The van der Waals surface area contributed by atoms with E-state index in [0.29, 0.717) is 41.9 Å². The molecule has 4 rings (SSSR count). The molecule has 2 aromatic rings. The molecule has 0 spiro atoms. The number of nitrogens with zero attached hydrogens (tertiary/aromatic N) is 3. The molecule has 25 heavy (non-hydrogen) atoms. The molecule has 2 aliphatic heterocycles. The molecule has 1 fully saturated rings. The Morgan fingerprint density at radius 1 is 1.24 bits per heavy atom. The summed E-state index contributed by atoms with van der Waals surface area (Å²) in [6.07, 6.45) is 0. The van der Waals surface area contributed by atoms with Crippen molar-refractivity contribution in [2.75, 3.05) is 36.6 Å². The monoisotopic (exact) mass is 344 g/mol. The normalized spacial score (nSPS) is 15.8. The Balaban J connectivity index is 1.40. The van der Waals surface area contributed by atoms with Crippen molar-refractivity contribution < 1.29 is 23.6 Å². The largest absolute Gasteiger partial charge is 0.454 e. The lowest BCUT2D eigenvalue weighted by Crippen LogP contribution is -2.37.